The Morgan fingerprint density at radius 2 is 1.90 bits per heavy atom. The summed E-state index contributed by atoms with van der Waals surface area (Å²) < 4.78 is 32.7. The molecule has 1 aromatic carbocycles. The molecule has 30 heavy (non-hydrogen) atoms. The highest BCUT2D eigenvalue weighted by Crippen LogP contribution is 2.26. The van der Waals surface area contributed by atoms with Gasteiger partial charge in [-0.15, -0.1) is 35.3 Å². The fourth-order valence-corrected chi connectivity index (χ4v) is 5.89. The molecule has 1 saturated heterocycles. The lowest BCUT2D eigenvalue weighted by atomic mass is 10.2. The van der Waals surface area contributed by atoms with Gasteiger partial charge >= 0.3 is 0 Å². The summed E-state index contributed by atoms with van der Waals surface area (Å²) in [5.74, 6) is 0.794. The normalized spacial score (nSPS) is 15.5. The number of morpholine rings is 1. The first-order valence-corrected chi connectivity index (χ1v) is 12.0. The second-order valence-electron chi connectivity index (χ2n) is 6.75. The van der Waals surface area contributed by atoms with Crippen molar-refractivity contribution >= 4 is 51.3 Å². The Labute approximate surface area is 200 Å². The van der Waals surface area contributed by atoms with Gasteiger partial charge in [-0.2, -0.15) is 4.31 Å². The van der Waals surface area contributed by atoms with Gasteiger partial charge in [-0.25, -0.2) is 13.4 Å². The molecule has 2 heterocycles. The number of sulfonamides is 1. The summed E-state index contributed by atoms with van der Waals surface area (Å²) in [6.07, 6.45) is 0. The van der Waals surface area contributed by atoms with Crippen LogP contribution in [-0.4, -0.2) is 63.5 Å². The van der Waals surface area contributed by atoms with Crippen LogP contribution in [0.25, 0.3) is 0 Å². The van der Waals surface area contributed by atoms with Crippen molar-refractivity contribution in [1.29, 1.82) is 0 Å². The monoisotopic (exact) mass is 564 g/mol. The van der Waals surface area contributed by atoms with E-state index in [2.05, 4.69) is 22.3 Å². The molecule has 3 rings (SSSR count). The smallest absolute Gasteiger partial charge is 0.252 e. The minimum Gasteiger partial charge on any atom is -0.379 e. The summed E-state index contributed by atoms with van der Waals surface area (Å²) in [5, 5.41) is 3.30. The third kappa shape index (κ3) is 6.64. The molecule has 1 aromatic heterocycles. The Hall–Kier alpha value is -1.21. The van der Waals surface area contributed by atoms with Crippen LogP contribution >= 0.6 is 35.3 Å². The van der Waals surface area contributed by atoms with Gasteiger partial charge in [0.2, 0.25) is 0 Å². The molecule has 0 amide bonds. The first-order valence-electron chi connectivity index (χ1n) is 9.70. The zero-order valence-corrected chi connectivity index (χ0v) is 21.2. The second kappa shape index (κ2) is 12.0. The summed E-state index contributed by atoms with van der Waals surface area (Å²) >= 11 is 1.29. The fourth-order valence-electron chi connectivity index (χ4n) is 3.05. The lowest BCUT2D eigenvalue weighted by molar-refractivity contribution is 0.0731. The maximum Gasteiger partial charge on any atom is 0.252 e. The summed E-state index contributed by atoms with van der Waals surface area (Å²) in [6.45, 7) is 5.68. The van der Waals surface area contributed by atoms with Crippen LogP contribution in [0.1, 0.15) is 17.4 Å². The molecule has 1 fully saturated rings. The molecule has 0 unspecified atom stereocenters. The van der Waals surface area contributed by atoms with Crippen molar-refractivity contribution in [2.75, 3.05) is 39.9 Å². The van der Waals surface area contributed by atoms with Gasteiger partial charge in [0.05, 0.1) is 19.8 Å². The quantitative estimate of drug-likeness (QED) is 0.318. The van der Waals surface area contributed by atoms with E-state index in [0.29, 0.717) is 37.1 Å². The van der Waals surface area contributed by atoms with E-state index in [4.69, 9.17) is 9.73 Å². The van der Waals surface area contributed by atoms with Gasteiger partial charge in [0.15, 0.2) is 5.96 Å². The van der Waals surface area contributed by atoms with E-state index in [9.17, 15) is 8.42 Å². The van der Waals surface area contributed by atoms with Crippen LogP contribution in [0.4, 0.5) is 0 Å². The van der Waals surface area contributed by atoms with E-state index in [1.165, 1.54) is 21.2 Å². The molecule has 0 atom stereocenters. The highest BCUT2D eigenvalue weighted by molar-refractivity contribution is 14.0. The van der Waals surface area contributed by atoms with Crippen molar-refractivity contribution in [1.82, 2.24) is 14.5 Å². The number of aliphatic imine (C=N–C) groups is 1. The maximum atomic E-state index is 12.8. The van der Waals surface area contributed by atoms with Gasteiger partial charge in [-0.05, 0) is 24.6 Å². The molecule has 1 N–H and O–H groups in total. The number of hydrogen-bond acceptors (Lipinski definition) is 5. The number of guanidine groups is 1. The topological polar surface area (TPSA) is 74.2 Å². The number of hydrogen-bond donors (Lipinski definition) is 1. The molecule has 2 aromatic rings. The Morgan fingerprint density at radius 1 is 1.20 bits per heavy atom. The van der Waals surface area contributed by atoms with Crippen LogP contribution in [0.3, 0.4) is 0 Å². The Morgan fingerprint density at radius 3 is 2.57 bits per heavy atom. The van der Waals surface area contributed by atoms with Gasteiger partial charge in [0, 0.05) is 38.1 Å². The summed E-state index contributed by atoms with van der Waals surface area (Å²) in [6, 6.07) is 13.8. The largest absolute Gasteiger partial charge is 0.379 e. The van der Waals surface area contributed by atoms with Crippen molar-refractivity contribution in [3.63, 3.8) is 0 Å². The summed E-state index contributed by atoms with van der Waals surface area (Å²) in [7, 11) is -1.45. The fraction of sp³-hybridized carbons (Fsp3) is 0.450. The van der Waals surface area contributed by atoms with Crippen LogP contribution in [0.15, 0.2) is 51.7 Å². The zero-order valence-electron chi connectivity index (χ0n) is 17.3. The van der Waals surface area contributed by atoms with E-state index in [1.54, 1.807) is 6.07 Å². The summed E-state index contributed by atoms with van der Waals surface area (Å²) in [5.41, 5.74) is 1.20. The minimum atomic E-state index is -3.45. The number of nitrogens with one attached hydrogen (secondary N) is 1. The van der Waals surface area contributed by atoms with Crippen molar-refractivity contribution in [3.05, 3.63) is 52.9 Å². The van der Waals surface area contributed by atoms with Crippen molar-refractivity contribution < 1.29 is 13.2 Å². The Bertz CT molecular complexity index is 913. The lowest BCUT2D eigenvalue weighted by Gasteiger charge is -2.25. The van der Waals surface area contributed by atoms with Crippen LogP contribution in [0.5, 0.6) is 0 Å². The molecule has 1 aliphatic rings. The van der Waals surface area contributed by atoms with Crippen molar-refractivity contribution in [2.24, 2.45) is 4.99 Å². The Balaban J connectivity index is 0.00000320. The second-order valence-corrected chi connectivity index (χ2v) is 10.1. The molecule has 10 heteroatoms. The molecule has 0 radical (unpaired) electrons. The number of ether oxygens (including phenoxy) is 1. The van der Waals surface area contributed by atoms with Crippen LogP contribution in [0.2, 0.25) is 0 Å². The van der Waals surface area contributed by atoms with E-state index in [0.717, 1.165) is 23.9 Å². The molecule has 166 valence electrons. The van der Waals surface area contributed by atoms with Crippen molar-refractivity contribution in [3.8, 4) is 0 Å². The maximum absolute atomic E-state index is 12.8. The standard InChI is InChI=1S/C20H28N4O3S2.HI/c1-3-21-20(23(2)16-17-7-5-4-6-8-17)22-15-18-9-10-19(28-18)29(25,26)24-11-13-27-14-12-24;/h4-10H,3,11-16H2,1-2H3,(H,21,22);1H. The Kier molecular flexibility index (Phi) is 10.0. The average molecular weight is 565 g/mol. The average Bonchev–Trinajstić information content (AvgIpc) is 3.22. The molecule has 1 aliphatic heterocycles. The summed E-state index contributed by atoms with van der Waals surface area (Å²) in [4.78, 5) is 7.69. The molecule has 0 spiro atoms. The highest BCUT2D eigenvalue weighted by atomic mass is 127. The lowest BCUT2D eigenvalue weighted by Crippen LogP contribution is -2.40. The van der Waals surface area contributed by atoms with Gasteiger partial charge < -0.3 is 15.0 Å². The molecular formula is C20H29IN4O3S2. The SMILES string of the molecule is CCNC(=NCc1ccc(S(=O)(=O)N2CCOCC2)s1)N(C)Cc1ccccc1.I. The predicted molar refractivity (Wildman–Crippen MR) is 132 cm³/mol. The molecule has 7 nitrogen and oxygen atoms in total. The number of thiophene rings is 1. The predicted octanol–water partition coefficient (Wildman–Crippen LogP) is 2.98. The van der Waals surface area contributed by atoms with Crippen LogP contribution in [0, 0.1) is 0 Å². The van der Waals surface area contributed by atoms with Gasteiger partial charge in [0.1, 0.15) is 4.21 Å². The van der Waals surface area contributed by atoms with Crippen LogP contribution < -0.4 is 5.32 Å². The number of rotatable bonds is 7. The van der Waals surface area contributed by atoms with Gasteiger partial charge in [-0.1, -0.05) is 30.3 Å². The van der Waals surface area contributed by atoms with E-state index in [-0.39, 0.29) is 24.0 Å². The van der Waals surface area contributed by atoms with E-state index < -0.39 is 10.0 Å². The molecule has 0 saturated carbocycles. The first kappa shape index (κ1) is 25.1. The van der Waals surface area contributed by atoms with Crippen LogP contribution in [-0.2, 0) is 27.8 Å². The molecule has 0 bridgehead atoms. The molecule has 0 aliphatic carbocycles. The third-order valence-corrected chi connectivity index (χ3v) is 7.98. The zero-order chi connectivity index (χ0) is 20.7. The van der Waals surface area contributed by atoms with Gasteiger partial charge in [-0.3, -0.25) is 0 Å². The minimum absolute atomic E-state index is 0. The van der Waals surface area contributed by atoms with Gasteiger partial charge in [0.25, 0.3) is 10.0 Å². The third-order valence-electron chi connectivity index (χ3n) is 4.54. The van der Waals surface area contributed by atoms with Crippen molar-refractivity contribution in [2.45, 2.75) is 24.2 Å². The first-order chi connectivity index (χ1) is 14.0. The molecular weight excluding hydrogens is 535 g/mol. The number of halogens is 1. The van der Waals surface area contributed by atoms with E-state index >= 15 is 0 Å². The number of benzene rings is 1. The van der Waals surface area contributed by atoms with E-state index in [1.807, 2.05) is 38.2 Å². The number of nitrogens with zero attached hydrogens (tertiary/aromatic N) is 3. The highest BCUT2D eigenvalue weighted by Gasteiger charge is 2.27.